The van der Waals surface area contributed by atoms with Crippen LogP contribution in [-0.2, 0) is 20.7 Å². The molecule has 198 valence electrons. The molecule has 0 aliphatic carbocycles. The Morgan fingerprint density at radius 3 is 2.54 bits per heavy atom. The minimum absolute atomic E-state index is 0.153. The number of amides is 1. The Morgan fingerprint density at radius 1 is 1.08 bits per heavy atom. The van der Waals surface area contributed by atoms with Crippen LogP contribution in [0.3, 0.4) is 0 Å². The summed E-state index contributed by atoms with van der Waals surface area (Å²) in [5.74, 6) is -0.627. The Balaban J connectivity index is 1.74. The van der Waals surface area contributed by atoms with Crippen molar-refractivity contribution in [2.24, 2.45) is 0 Å². The molecule has 1 aliphatic rings. The number of hydrogen-bond donors (Lipinski definition) is 2. The van der Waals surface area contributed by atoms with Crippen molar-refractivity contribution in [3.63, 3.8) is 0 Å². The number of carbonyl (C=O) groups excluding carboxylic acids is 2. The normalized spacial score (nSPS) is 15.4. The summed E-state index contributed by atoms with van der Waals surface area (Å²) < 4.78 is 10.4. The Labute approximate surface area is 225 Å². The molecule has 8 heteroatoms. The van der Waals surface area contributed by atoms with E-state index in [0.29, 0.717) is 34.2 Å². The smallest absolute Gasteiger partial charge is 0.338 e. The number of rotatable bonds is 12. The van der Waals surface area contributed by atoms with Gasteiger partial charge in [0.05, 0.1) is 18.2 Å². The zero-order chi connectivity index (χ0) is 26.8. The number of unbranched alkanes of at least 4 members (excludes halogenated alkanes) is 3. The van der Waals surface area contributed by atoms with Crippen LogP contribution in [0.1, 0.15) is 67.1 Å². The SMILES string of the molecule is CCCCCCc1ccc(C(=O)Nc2cccc(C3NC(=S)N(C)C(C)=C3C(=O)OCCOC)c2)cc1. The van der Waals surface area contributed by atoms with E-state index in [1.807, 2.05) is 55.5 Å². The summed E-state index contributed by atoms with van der Waals surface area (Å²) in [6, 6.07) is 14.7. The zero-order valence-corrected chi connectivity index (χ0v) is 23.0. The van der Waals surface area contributed by atoms with Crippen LogP contribution in [0.25, 0.3) is 0 Å². The van der Waals surface area contributed by atoms with Crippen molar-refractivity contribution in [3.8, 4) is 0 Å². The monoisotopic (exact) mass is 523 g/mol. The van der Waals surface area contributed by atoms with Crippen LogP contribution in [0.4, 0.5) is 5.69 Å². The lowest BCUT2D eigenvalue weighted by Crippen LogP contribution is -2.46. The molecule has 1 heterocycles. The fourth-order valence-corrected chi connectivity index (χ4v) is 4.48. The van der Waals surface area contributed by atoms with Crippen LogP contribution in [0.5, 0.6) is 0 Å². The number of thiocarbonyl (C=S) groups is 1. The van der Waals surface area contributed by atoms with Gasteiger partial charge in [-0.3, -0.25) is 4.79 Å². The van der Waals surface area contributed by atoms with Crippen LogP contribution >= 0.6 is 12.2 Å². The topological polar surface area (TPSA) is 79.9 Å². The van der Waals surface area contributed by atoms with Crippen molar-refractivity contribution in [2.45, 2.75) is 52.0 Å². The Bertz CT molecular complexity index is 1130. The quantitative estimate of drug-likeness (QED) is 0.219. The maximum Gasteiger partial charge on any atom is 0.338 e. The van der Waals surface area contributed by atoms with Crippen LogP contribution in [0, 0.1) is 0 Å². The number of hydrogen-bond acceptors (Lipinski definition) is 5. The van der Waals surface area contributed by atoms with E-state index in [4.69, 9.17) is 21.7 Å². The fourth-order valence-electron chi connectivity index (χ4n) is 4.22. The second-order valence-electron chi connectivity index (χ2n) is 9.16. The number of esters is 1. The molecule has 1 amide bonds. The number of allylic oxidation sites excluding steroid dienone is 1. The van der Waals surface area contributed by atoms with E-state index < -0.39 is 12.0 Å². The molecule has 1 unspecified atom stereocenters. The Hall–Kier alpha value is -3.23. The van der Waals surface area contributed by atoms with E-state index >= 15 is 0 Å². The van der Waals surface area contributed by atoms with Gasteiger partial charge in [-0.1, -0.05) is 50.5 Å². The van der Waals surface area contributed by atoms with E-state index in [1.54, 1.807) is 19.1 Å². The third-order valence-electron chi connectivity index (χ3n) is 6.51. The molecule has 1 atom stereocenters. The van der Waals surface area contributed by atoms with Gasteiger partial charge in [-0.15, -0.1) is 0 Å². The molecule has 2 N–H and O–H groups in total. The van der Waals surface area contributed by atoms with Gasteiger partial charge in [-0.2, -0.15) is 0 Å². The average Bonchev–Trinajstić information content (AvgIpc) is 2.90. The average molecular weight is 524 g/mol. The number of carbonyl (C=O) groups is 2. The number of aryl methyl sites for hydroxylation is 1. The van der Waals surface area contributed by atoms with Gasteiger partial charge >= 0.3 is 5.97 Å². The molecule has 0 fully saturated rings. The minimum Gasteiger partial charge on any atom is -0.460 e. The lowest BCUT2D eigenvalue weighted by molar-refractivity contribution is -0.140. The standard InChI is InChI=1S/C29H37N3O4S/c1-5-6-7-8-10-21-13-15-22(16-14-21)27(33)30-24-12-9-11-23(19-24)26-25(28(34)36-18-17-35-4)20(2)32(3)29(37)31-26/h9,11-16,19,26H,5-8,10,17-18H2,1-4H3,(H,30,33)(H,31,37). The third kappa shape index (κ3) is 7.63. The zero-order valence-electron chi connectivity index (χ0n) is 22.1. The van der Waals surface area contributed by atoms with Crippen LogP contribution in [-0.4, -0.2) is 49.3 Å². The summed E-state index contributed by atoms with van der Waals surface area (Å²) >= 11 is 5.48. The first-order valence-electron chi connectivity index (χ1n) is 12.8. The van der Waals surface area contributed by atoms with Gasteiger partial charge in [0.25, 0.3) is 5.91 Å². The highest BCUT2D eigenvalue weighted by molar-refractivity contribution is 7.80. The number of methoxy groups -OCH3 is 1. The predicted molar refractivity (Wildman–Crippen MR) is 150 cm³/mol. The predicted octanol–water partition coefficient (Wildman–Crippen LogP) is 5.39. The summed E-state index contributed by atoms with van der Waals surface area (Å²) in [5.41, 5.74) is 4.42. The highest BCUT2D eigenvalue weighted by atomic mass is 32.1. The second kappa shape index (κ2) is 13.9. The maximum atomic E-state index is 13.0. The molecule has 37 heavy (non-hydrogen) atoms. The van der Waals surface area contributed by atoms with Gasteiger partial charge in [-0.25, -0.2) is 4.79 Å². The van der Waals surface area contributed by atoms with Crippen molar-refractivity contribution in [1.82, 2.24) is 10.2 Å². The Morgan fingerprint density at radius 2 is 1.84 bits per heavy atom. The van der Waals surface area contributed by atoms with Gasteiger partial charge in [0, 0.05) is 31.1 Å². The maximum absolute atomic E-state index is 13.0. The Kier molecular flexibility index (Phi) is 10.7. The molecule has 0 aromatic heterocycles. The number of ether oxygens (including phenoxy) is 2. The van der Waals surface area contributed by atoms with Gasteiger partial charge < -0.3 is 25.0 Å². The van der Waals surface area contributed by atoms with E-state index in [-0.39, 0.29) is 12.5 Å². The molecule has 1 aliphatic heterocycles. The van der Waals surface area contributed by atoms with E-state index in [0.717, 1.165) is 18.4 Å². The van der Waals surface area contributed by atoms with Gasteiger partial charge in [0.2, 0.25) is 0 Å². The summed E-state index contributed by atoms with van der Waals surface area (Å²) in [4.78, 5) is 27.7. The highest BCUT2D eigenvalue weighted by Crippen LogP contribution is 2.32. The first-order valence-corrected chi connectivity index (χ1v) is 13.2. The van der Waals surface area contributed by atoms with Crippen LogP contribution < -0.4 is 10.6 Å². The first-order chi connectivity index (χ1) is 17.8. The lowest BCUT2D eigenvalue weighted by Gasteiger charge is -2.35. The van der Waals surface area contributed by atoms with Crippen molar-refractivity contribution in [3.05, 3.63) is 76.5 Å². The van der Waals surface area contributed by atoms with Gasteiger partial charge in [0.1, 0.15) is 6.61 Å². The van der Waals surface area contributed by atoms with Crippen molar-refractivity contribution >= 4 is 34.9 Å². The third-order valence-corrected chi connectivity index (χ3v) is 6.90. The van der Waals surface area contributed by atoms with Crippen molar-refractivity contribution in [2.75, 3.05) is 32.7 Å². The number of nitrogens with zero attached hydrogens (tertiary/aromatic N) is 1. The van der Waals surface area contributed by atoms with Crippen molar-refractivity contribution < 1.29 is 19.1 Å². The summed E-state index contributed by atoms with van der Waals surface area (Å²) in [5, 5.41) is 6.71. The van der Waals surface area contributed by atoms with Crippen molar-refractivity contribution in [1.29, 1.82) is 0 Å². The second-order valence-corrected chi connectivity index (χ2v) is 9.54. The molecular weight excluding hydrogens is 486 g/mol. The number of anilines is 1. The van der Waals surface area contributed by atoms with E-state index in [1.165, 1.54) is 24.8 Å². The summed E-state index contributed by atoms with van der Waals surface area (Å²) in [7, 11) is 3.36. The van der Waals surface area contributed by atoms with Crippen LogP contribution in [0.15, 0.2) is 59.8 Å². The minimum atomic E-state index is -0.511. The molecule has 0 spiro atoms. The largest absolute Gasteiger partial charge is 0.460 e. The molecule has 0 radical (unpaired) electrons. The molecule has 3 rings (SSSR count). The highest BCUT2D eigenvalue weighted by Gasteiger charge is 2.33. The van der Waals surface area contributed by atoms with Gasteiger partial charge in [-0.05, 0) is 67.4 Å². The molecule has 2 aromatic rings. The van der Waals surface area contributed by atoms with Gasteiger partial charge in [0.15, 0.2) is 5.11 Å². The number of benzene rings is 2. The molecule has 0 saturated carbocycles. The first kappa shape index (κ1) is 28.3. The molecular formula is C29H37N3O4S. The molecule has 7 nitrogen and oxygen atoms in total. The molecule has 0 bridgehead atoms. The van der Waals surface area contributed by atoms with E-state index in [2.05, 4.69) is 17.6 Å². The lowest BCUT2D eigenvalue weighted by atomic mass is 9.94. The summed E-state index contributed by atoms with van der Waals surface area (Å²) in [6.45, 7) is 4.51. The fraction of sp³-hybridized carbons (Fsp3) is 0.414. The van der Waals surface area contributed by atoms with Crippen LogP contribution in [0.2, 0.25) is 0 Å². The molecule has 2 aromatic carbocycles. The molecule has 0 saturated heterocycles. The van der Waals surface area contributed by atoms with E-state index in [9.17, 15) is 9.59 Å². The summed E-state index contributed by atoms with van der Waals surface area (Å²) in [6.07, 6.45) is 5.89. The number of nitrogens with one attached hydrogen (secondary N) is 2.